The Hall–Kier alpha value is -1.65. The predicted molar refractivity (Wildman–Crippen MR) is 88.6 cm³/mol. The molecule has 0 aliphatic carbocycles. The molecule has 0 saturated carbocycles. The molecule has 0 fully saturated rings. The summed E-state index contributed by atoms with van der Waals surface area (Å²) in [6, 6.07) is 13.1. The number of fused-ring (bicyclic) bond motifs is 1. The number of aromatic nitrogens is 1. The number of aryl methyl sites for hydroxylation is 2. The zero-order valence-electron chi connectivity index (χ0n) is 13.7. The molecule has 5 heteroatoms. The number of benzene rings is 2. The second-order valence-electron chi connectivity index (χ2n) is 5.68. The number of rotatable bonds is 3. The van der Waals surface area contributed by atoms with Crippen molar-refractivity contribution in [1.82, 2.24) is 0 Å². The van der Waals surface area contributed by atoms with Gasteiger partial charge in [0.2, 0.25) is 12.7 Å². The summed E-state index contributed by atoms with van der Waals surface area (Å²) in [5.41, 5.74) is 2.83. The molecule has 3 nitrogen and oxygen atoms in total. The summed E-state index contributed by atoms with van der Waals surface area (Å²) in [6.07, 6.45) is 3.13. The van der Waals surface area contributed by atoms with Crippen LogP contribution in [0.25, 0.3) is 10.8 Å². The molecule has 3 rings (SSSR count). The number of carbonyl (C=O) groups is 1. The minimum atomic E-state index is -0.331. The molecule has 0 atom stereocenters. The Morgan fingerprint density at radius 1 is 1.04 bits per heavy atom. The Morgan fingerprint density at radius 2 is 1.71 bits per heavy atom. The van der Waals surface area contributed by atoms with Gasteiger partial charge < -0.3 is 5.32 Å². The quantitative estimate of drug-likeness (QED) is 0.673. The number of nitrogens with zero attached hydrogens (tertiary/aromatic N) is 1. The van der Waals surface area contributed by atoms with Crippen LogP contribution >= 0.6 is 0 Å². The van der Waals surface area contributed by atoms with E-state index in [2.05, 4.69) is 5.32 Å². The second-order valence-corrected chi connectivity index (χ2v) is 5.68. The first-order valence-corrected chi connectivity index (χ1v) is 7.48. The smallest absolute Gasteiger partial charge is 0.290 e. The van der Waals surface area contributed by atoms with Crippen LogP contribution in [0.4, 0.5) is 10.1 Å². The van der Waals surface area contributed by atoms with Gasteiger partial charge >= 0.3 is 0 Å². The van der Waals surface area contributed by atoms with Gasteiger partial charge in [0.1, 0.15) is 0 Å². The van der Waals surface area contributed by atoms with Gasteiger partial charge in [-0.3, -0.25) is 4.79 Å². The van der Waals surface area contributed by atoms with Gasteiger partial charge in [-0.05, 0) is 31.0 Å². The van der Waals surface area contributed by atoms with Gasteiger partial charge in [0.15, 0.2) is 12.0 Å². The van der Waals surface area contributed by atoms with Crippen molar-refractivity contribution < 1.29 is 46.5 Å². The molecule has 1 amide bonds. The number of anilines is 1. The monoisotopic (exact) mass is 398 g/mol. The number of carbonyl (C=O) groups excluding carboxylic acids is 1. The van der Waals surface area contributed by atoms with Gasteiger partial charge in [0.25, 0.3) is 5.91 Å². The number of nitrogens with one attached hydrogen (secondary N) is 1. The zero-order chi connectivity index (χ0) is 16.4. The van der Waals surface area contributed by atoms with Crippen molar-refractivity contribution in [2.45, 2.75) is 20.4 Å². The fourth-order valence-electron chi connectivity index (χ4n) is 2.71. The van der Waals surface area contributed by atoms with Gasteiger partial charge in [-0.25, -0.2) is 0 Å². The van der Waals surface area contributed by atoms with Crippen LogP contribution in [0.3, 0.4) is 0 Å². The van der Waals surface area contributed by atoms with E-state index in [9.17, 15) is 9.18 Å². The molecule has 1 aromatic heterocycles. The molecule has 1 radical (unpaired) electrons. The molecule has 1 heterocycles. The van der Waals surface area contributed by atoms with Gasteiger partial charge in [-0.15, -0.1) is 0 Å². The van der Waals surface area contributed by atoms with Crippen molar-refractivity contribution in [3.63, 3.8) is 0 Å². The van der Waals surface area contributed by atoms with Crippen LogP contribution in [0.15, 0.2) is 54.9 Å². The molecular weight excluding hydrogens is 380 g/mol. The maximum atomic E-state index is 14.1. The molecule has 0 spiro atoms. The predicted octanol–water partition coefficient (Wildman–Crippen LogP) is 3.52. The first kappa shape index (κ1) is 18.7. The number of para-hydroxylation sites is 1. The van der Waals surface area contributed by atoms with E-state index in [1.165, 1.54) is 6.20 Å². The number of amides is 1. The first-order valence-electron chi connectivity index (χ1n) is 7.48. The molecule has 0 aliphatic rings. The largest absolute Gasteiger partial charge is 0.320 e. The zero-order valence-corrected chi connectivity index (χ0v) is 16.6. The third-order valence-corrected chi connectivity index (χ3v) is 3.87. The molecule has 3 aromatic rings. The number of hydrogen-bond acceptors (Lipinski definition) is 1. The summed E-state index contributed by atoms with van der Waals surface area (Å²) in [5.74, 6) is -0.509. The van der Waals surface area contributed by atoms with Gasteiger partial charge in [-0.1, -0.05) is 36.4 Å². The van der Waals surface area contributed by atoms with E-state index in [4.69, 9.17) is 0 Å². The number of halogens is 1. The molecule has 119 valence electrons. The SMILES string of the molecule is Cc1cccc(C)c1NC(=O)C[n+]1cc(F)c2ccccc2c1.[Y]. The Balaban J connectivity index is 0.00000208. The Labute approximate surface area is 165 Å². The van der Waals surface area contributed by atoms with Crippen LogP contribution < -0.4 is 9.88 Å². The molecule has 24 heavy (non-hydrogen) atoms. The summed E-state index contributed by atoms with van der Waals surface area (Å²) < 4.78 is 15.7. The number of pyridine rings is 1. The van der Waals surface area contributed by atoms with Crippen LogP contribution in [-0.2, 0) is 44.0 Å². The molecule has 0 saturated heterocycles. The normalized spacial score (nSPS) is 10.3. The fraction of sp³-hybridized carbons (Fsp3) is 0.158. The van der Waals surface area contributed by atoms with E-state index < -0.39 is 0 Å². The van der Waals surface area contributed by atoms with Crippen molar-refractivity contribution >= 4 is 22.4 Å². The summed E-state index contributed by atoms with van der Waals surface area (Å²) in [5, 5.41) is 4.24. The average molecular weight is 398 g/mol. The Kier molecular flexibility index (Phi) is 6.19. The van der Waals surface area contributed by atoms with E-state index in [1.807, 2.05) is 44.2 Å². The van der Waals surface area contributed by atoms with Crippen molar-refractivity contribution in [3.8, 4) is 0 Å². The Bertz CT molecular complexity index is 875. The standard InChI is InChI=1S/C19H17FN2O.Y/c1-13-6-5-7-14(2)19(13)21-18(23)12-22-10-15-8-3-4-9-16(15)17(20)11-22;/h3-11H,12H2,1-2H3;/p+1. The Morgan fingerprint density at radius 3 is 2.42 bits per heavy atom. The van der Waals surface area contributed by atoms with E-state index in [1.54, 1.807) is 22.9 Å². The van der Waals surface area contributed by atoms with Crippen molar-refractivity contribution in [3.05, 3.63) is 71.8 Å². The summed E-state index contributed by atoms with van der Waals surface area (Å²) in [7, 11) is 0. The van der Waals surface area contributed by atoms with Crippen LogP contribution in [0, 0.1) is 19.7 Å². The second kappa shape index (κ2) is 7.95. The van der Waals surface area contributed by atoms with Gasteiger partial charge in [0, 0.05) is 49.2 Å². The van der Waals surface area contributed by atoms with Crippen LogP contribution in [-0.4, -0.2) is 5.91 Å². The summed E-state index contributed by atoms with van der Waals surface area (Å²) in [4.78, 5) is 12.3. The van der Waals surface area contributed by atoms with E-state index >= 15 is 0 Å². The van der Waals surface area contributed by atoms with Gasteiger partial charge in [0.05, 0.1) is 0 Å². The fourth-order valence-corrected chi connectivity index (χ4v) is 2.71. The van der Waals surface area contributed by atoms with Gasteiger partial charge in [-0.2, -0.15) is 8.96 Å². The molecule has 0 unspecified atom stereocenters. The topological polar surface area (TPSA) is 33.0 Å². The van der Waals surface area contributed by atoms with Crippen molar-refractivity contribution in [1.29, 1.82) is 0 Å². The summed E-state index contributed by atoms with van der Waals surface area (Å²) in [6.45, 7) is 3.96. The van der Waals surface area contributed by atoms with Crippen LogP contribution in [0.1, 0.15) is 11.1 Å². The van der Waals surface area contributed by atoms with Crippen LogP contribution in [0.2, 0.25) is 0 Å². The molecule has 2 aromatic carbocycles. The van der Waals surface area contributed by atoms with E-state index in [0.717, 1.165) is 22.2 Å². The van der Waals surface area contributed by atoms with E-state index in [-0.39, 0.29) is 51.0 Å². The molecule has 0 aliphatic heterocycles. The average Bonchev–Trinajstić information content (AvgIpc) is 2.51. The molecule has 1 N–H and O–H groups in total. The van der Waals surface area contributed by atoms with Crippen molar-refractivity contribution in [2.75, 3.05) is 5.32 Å². The van der Waals surface area contributed by atoms with E-state index in [0.29, 0.717) is 5.39 Å². The van der Waals surface area contributed by atoms with Crippen molar-refractivity contribution in [2.24, 2.45) is 0 Å². The minimum absolute atomic E-state index is 0. The molecular formula is C19H18FN2OY+. The third-order valence-electron chi connectivity index (χ3n) is 3.87. The molecule has 0 bridgehead atoms. The first-order chi connectivity index (χ1) is 11.0. The summed E-state index contributed by atoms with van der Waals surface area (Å²) >= 11 is 0. The maximum Gasteiger partial charge on any atom is 0.290 e. The minimum Gasteiger partial charge on any atom is -0.320 e. The maximum absolute atomic E-state index is 14.1. The number of hydrogen-bond donors (Lipinski definition) is 1. The van der Waals surface area contributed by atoms with Crippen LogP contribution in [0.5, 0.6) is 0 Å². The third kappa shape index (κ3) is 4.06.